The first-order valence-electron chi connectivity index (χ1n) is 6.00. The minimum Gasteiger partial charge on any atom is -0.481 e. The van der Waals surface area contributed by atoms with Gasteiger partial charge in [0.2, 0.25) is 5.88 Å². The second-order valence-electron chi connectivity index (χ2n) is 4.47. The molecular formula is C14H18N2OS. The zero-order chi connectivity index (χ0) is 13.0. The molecule has 0 aromatic carbocycles. The quantitative estimate of drug-likeness (QED) is 0.885. The van der Waals surface area contributed by atoms with Crippen LogP contribution >= 0.6 is 11.3 Å². The minimum atomic E-state index is 0.320. The van der Waals surface area contributed by atoms with Gasteiger partial charge in [-0.25, -0.2) is 4.98 Å². The highest BCUT2D eigenvalue weighted by molar-refractivity contribution is 7.10. The summed E-state index contributed by atoms with van der Waals surface area (Å²) in [6, 6.07) is 8.44. The Kier molecular flexibility index (Phi) is 4.20. The second kappa shape index (κ2) is 5.87. The fourth-order valence-corrected chi connectivity index (χ4v) is 2.75. The molecule has 0 saturated carbocycles. The van der Waals surface area contributed by atoms with Gasteiger partial charge in [-0.2, -0.15) is 0 Å². The number of thiophene rings is 1. The first kappa shape index (κ1) is 12.9. The van der Waals surface area contributed by atoms with Gasteiger partial charge in [-0.05, 0) is 23.4 Å². The van der Waals surface area contributed by atoms with Crippen molar-refractivity contribution in [1.82, 2.24) is 4.98 Å². The van der Waals surface area contributed by atoms with Crippen LogP contribution in [0.5, 0.6) is 5.88 Å². The average Bonchev–Trinajstić information content (AvgIpc) is 2.90. The molecule has 1 N–H and O–H groups in total. The van der Waals surface area contributed by atoms with Crippen LogP contribution < -0.4 is 10.1 Å². The molecule has 2 heterocycles. The summed E-state index contributed by atoms with van der Waals surface area (Å²) in [7, 11) is 1.62. The molecule has 0 saturated heterocycles. The Morgan fingerprint density at radius 2 is 2.11 bits per heavy atom. The van der Waals surface area contributed by atoms with E-state index in [2.05, 4.69) is 41.7 Å². The van der Waals surface area contributed by atoms with E-state index in [1.807, 2.05) is 18.3 Å². The summed E-state index contributed by atoms with van der Waals surface area (Å²) in [4.78, 5) is 5.56. The van der Waals surface area contributed by atoms with Gasteiger partial charge in [-0.15, -0.1) is 11.3 Å². The maximum absolute atomic E-state index is 5.06. The fourth-order valence-electron chi connectivity index (χ4n) is 1.80. The highest BCUT2D eigenvalue weighted by atomic mass is 32.1. The van der Waals surface area contributed by atoms with Crippen molar-refractivity contribution >= 4 is 17.0 Å². The highest BCUT2D eigenvalue weighted by Crippen LogP contribution is 2.29. The molecule has 18 heavy (non-hydrogen) atoms. The van der Waals surface area contributed by atoms with E-state index in [1.165, 1.54) is 4.88 Å². The molecule has 0 amide bonds. The number of ether oxygens (including phenoxy) is 1. The van der Waals surface area contributed by atoms with E-state index in [0.29, 0.717) is 17.8 Å². The highest BCUT2D eigenvalue weighted by Gasteiger charge is 2.16. The van der Waals surface area contributed by atoms with Gasteiger partial charge in [0.1, 0.15) is 0 Å². The standard InChI is InChI=1S/C14H18N2OS/c1-10(2)14(12-5-4-8-18-12)16-11-6-7-13(17-3)15-9-11/h4-10,14,16H,1-3H3. The molecule has 0 radical (unpaired) electrons. The normalized spacial score (nSPS) is 12.4. The molecule has 1 atom stereocenters. The minimum absolute atomic E-state index is 0.320. The molecule has 0 fully saturated rings. The summed E-state index contributed by atoms with van der Waals surface area (Å²) < 4.78 is 5.06. The molecular weight excluding hydrogens is 244 g/mol. The molecule has 2 aromatic rings. The van der Waals surface area contributed by atoms with E-state index in [-0.39, 0.29) is 0 Å². The van der Waals surface area contributed by atoms with Crippen molar-refractivity contribution in [2.75, 3.05) is 12.4 Å². The van der Waals surface area contributed by atoms with Gasteiger partial charge >= 0.3 is 0 Å². The van der Waals surface area contributed by atoms with E-state index >= 15 is 0 Å². The monoisotopic (exact) mass is 262 g/mol. The SMILES string of the molecule is COc1ccc(NC(c2cccs2)C(C)C)cn1. The third kappa shape index (κ3) is 3.01. The number of methoxy groups -OCH3 is 1. The van der Waals surface area contributed by atoms with Crippen LogP contribution in [0.3, 0.4) is 0 Å². The molecule has 96 valence electrons. The van der Waals surface area contributed by atoms with E-state index in [4.69, 9.17) is 4.74 Å². The summed E-state index contributed by atoms with van der Waals surface area (Å²) in [6.07, 6.45) is 1.81. The van der Waals surface area contributed by atoms with Crippen LogP contribution in [0, 0.1) is 5.92 Å². The molecule has 2 aromatic heterocycles. The smallest absolute Gasteiger partial charge is 0.213 e. The maximum atomic E-state index is 5.06. The second-order valence-corrected chi connectivity index (χ2v) is 5.45. The molecule has 0 bridgehead atoms. The van der Waals surface area contributed by atoms with Gasteiger partial charge < -0.3 is 10.1 Å². The first-order valence-corrected chi connectivity index (χ1v) is 6.88. The zero-order valence-corrected chi connectivity index (χ0v) is 11.7. The van der Waals surface area contributed by atoms with Crippen LogP contribution in [0.15, 0.2) is 35.8 Å². The van der Waals surface area contributed by atoms with Gasteiger partial charge in [0.05, 0.1) is 25.0 Å². The van der Waals surface area contributed by atoms with E-state index in [1.54, 1.807) is 18.4 Å². The number of hydrogen-bond acceptors (Lipinski definition) is 4. The number of nitrogens with zero attached hydrogens (tertiary/aromatic N) is 1. The van der Waals surface area contributed by atoms with Crippen molar-refractivity contribution < 1.29 is 4.74 Å². The number of aromatic nitrogens is 1. The Morgan fingerprint density at radius 3 is 2.61 bits per heavy atom. The van der Waals surface area contributed by atoms with Crippen molar-refractivity contribution in [1.29, 1.82) is 0 Å². The van der Waals surface area contributed by atoms with Crippen molar-refractivity contribution in [2.45, 2.75) is 19.9 Å². The zero-order valence-electron chi connectivity index (χ0n) is 10.9. The predicted molar refractivity (Wildman–Crippen MR) is 76.3 cm³/mol. The third-order valence-corrected chi connectivity index (χ3v) is 3.74. The number of rotatable bonds is 5. The molecule has 4 heteroatoms. The predicted octanol–water partition coefficient (Wildman–Crippen LogP) is 3.96. The van der Waals surface area contributed by atoms with Gasteiger partial charge in [-0.1, -0.05) is 19.9 Å². The number of hydrogen-bond donors (Lipinski definition) is 1. The van der Waals surface area contributed by atoms with Crippen LogP contribution in [0.1, 0.15) is 24.8 Å². The van der Waals surface area contributed by atoms with Crippen molar-refractivity contribution in [2.24, 2.45) is 5.92 Å². The molecule has 2 rings (SSSR count). The summed E-state index contributed by atoms with van der Waals surface area (Å²) in [5.74, 6) is 1.16. The lowest BCUT2D eigenvalue weighted by molar-refractivity contribution is 0.398. The van der Waals surface area contributed by atoms with Crippen LogP contribution in [-0.4, -0.2) is 12.1 Å². The lowest BCUT2D eigenvalue weighted by atomic mass is 10.0. The van der Waals surface area contributed by atoms with Crippen LogP contribution in [0.25, 0.3) is 0 Å². The topological polar surface area (TPSA) is 34.1 Å². The average molecular weight is 262 g/mol. The van der Waals surface area contributed by atoms with Crippen LogP contribution in [0.4, 0.5) is 5.69 Å². The Hall–Kier alpha value is -1.55. The van der Waals surface area contributed by atoms with E-state index in [9.17, 15) is 0 Å². The molecule has 0 aliphatic rings. The molecule has 0 spiro atoms. The number of anilines is 1. The first-order chi connectivity index (χ1) is 8.70. The molecule has 0 aliphatic carbocycles. The van der Waals surface area contributed by atoms with Crippen molar-refractivity contribution in [3.05, 3.63) is 40.7 Å². The van der Waals surface area contributed by atoms with Gasteiger partial charge in [0, 0.05) is 10.9 Å². The number of nitrogens with one attached hydrogen (secondary N) is 1. The summed E-state index contributed by atoms with van der Waals surface area (Å²) in [6.45, 7) is 4.43. The molecule has 0 aliphatic heterocycles. The maximum Gasteiger partial charge on any atom is 0.213 e. The summed E-state index contributed by atoms with van der Waals surface area (Å²) in [5.41, 5.74) is 1.02. The Morgan fingerprint density at radius 1 is 1.28 bits per heavy atom. The van der Waals surface area contributed by atoms with E-state index < -0.39 is 0 Å². The Labute approximate surface area is 112 Å². The fraction of sp³-hybridized carbons (Fsp3) is 0.357. The van der Waals surface area contributed by atoms with Crippen LogP contribution in [0.2, 0.25) is 0 Å². The largest absolute Gasteiger partial charge is 0.481 e. The summed E-state index contributed by atoms with van der Waals surface area (Å²) >= 11 is 1.78. The summed E-state index contributed by atoms with van der Waals surface area (Å²) in [5, 5.41) is 5.63. The molecule has 3 nitrogen and oxygen atoms in total. The Balaban J connectivity index is 2.13. The Bertz CT molecular complexity index is 465. The van der Waals surface area contributed by atoms with E-state index in [0.717, 1.165) is 5.69 Å². The van der Waals surface area contributed by atoms with Gasteiger partial charge in [-0.3, -0.25) is 0 Å². The lowest BCUT2D eigenvalue weighted by Gasteiger charge is -2.22. The van der Waals surface area contributed by atoms with Crippen LogP contribution in [-0.2, 0) is 0 Å². The third-order valence-electron chi connectivity index (χ3n) is 2.78. The number of pyridine rings is 1. The van der Waals surface area contributed by atoms with Gasteiger partial charge in [0.15, 0.2) is 0 Å². The van der Waals surface area contributed by atoms with Crippen molar-refractivity contribution in [3.63, 3.8) is 0 Å². The van der Waals surface area contributed by atoms with Crippen molar-refractivity contribution in [3.8, 4) is 5.88 Å². The van der Waals surface area contributed by atoms with Gasteiger partial charge in [0.25, 0.3) is 0 Å². The molecule has 1 unspecified atom stereocenters. The lowest BCUT2D eigenvalue weighted by Crippen LogP contribution is -2.15.